The van der Waals surface area contributed by atoms with E-state index in [1.54, 1.807) is 48.5 Å². The Labute approximate surface area is 212 Å². The summed E-state index contributed by atoms with van der Waals surface area (Å²) < 4.78 is 29.6. The lowest BCUT2D eigenvalue weighted by Crippen LogP contribution is -2.35. The number of amides is 3. The average Bonchev–Trinajstić information content (AvgIpc) is 2.92. The molecule has 0 unspecified atom stereocenters. The number of ether oxygens (including phenoxy) is 3. The fraction of sp³-hybridized carbons (Fsp3) is 0.154. The summed E-state index contributed by atoms with van der Waals surface area (Å²) in [4.78, 5) is 36.4. The Balaban J connectivity index is 1.49. The van der Waals surface area contributed by atoms with Crippen LogP contribution >= 0.6 is 0 Å². The lowest BCUT2D eigenvalue weighted by Gasteiger charge is -2.11. The molecule has 11 heteroatoms. The maximum Gasteiger partial charge on any atom is 0.262 e. The van der Waals surface area contributed by atoms with Crippen molar-refractivity contribution in [2.45, 2.75) is 0 Å². The Kier molecular flexibility index (Phi) is 9.54. The normalized spacial score (nSPS) is 10.5. The molecule has 0 saturated heterocycles. The highest BCUT2D eigenvalue weighted by Crippen LogP contribution is 2.27. The van der Waals surface area contributed by atoms with E-state index in [9.17, 15) is 18.8 Å². The number of halogens is 1. The molecule has 3 N–H and O–H groups in total. The summed E-state index contributed by atoms with van der Waals surface area (Å²) in [6.45, 7) is -0.659. The van der Waals surface area contributed by atoms with Crippen LogP contribution in [0.3, 0.4) is 0 Å². The number of benzene rings is 3. The van der Waals surface area contributed by atoms with Gasteiger partial charge in [-0.1, -0.05) is 24.3 Å². The van der Waals surface area contributed by atoms with E-state index in [-0.39, 0.29) is 24.6 Å². The molecule has 10 nitrogen and oxygen atoms in total. The molecule has 0 saturated carbocycles. The van der Waals surface area contributed by atoms with Gasteiger partial charge in [0.25, 0.3) is 17.7 Å². The van der Waals surface area contributed by atoms with Crippen LogP contribution in [0.5, 0.6) is 17.2 Å². The van der Waals surface area contributed by atoms with Crippen LogP contribution in [0, 0.1) is 5.82 Å². The van der Waals surface area contributed by atoms with Crippen LogP contribution < -0.4 is 30.3 Å². The van der Waals surface area contributed by atoms with Gasteiger partial charge in [0.2, 0.25) is 0 Å². The second-order valence-electron chi connectivity index (χ2n) is 7.40. The van der Waals surface area contributed by atoms with Crippen molar-refractivity contribution in [1.29, 1.82) is 0 Å². The minimum Gasteiger partial charge on any atom is -0.496 e. The Bertz CT molecular complexity index is 1300. The molecule has 3 rings (SSSR count). The van der Waals surface area contributed by atoms with Gasteiger partial charge in [0.15, 0.2) is 18.1 Å². The van der Waals surface area contributed by atoms with Crippen LogP contribution in [-0.4, -0.2) is 51.3 Å². The van der Waals surface area contributed by atoms with Gasteiger partial charge < -0.3 is 24.8 Å². The number of carbonyl (C=O) groups excluding carboxylic acids is 3. The maximum atomic E-state index is 13.7. The van der Waals surface area contributed by atoms with Crippen LogP contribution in [0.2, 0.25) is 0 Å². The lowest BCUT2D eigenvalue weighted by atomic mass is 10.2. The Hall–Kier alpha value is -4.93. The van der Waals surface area contributed by atoms with E-state index >= 15 is 0 Å². The van der Waals surface area contributed by atoms with Crippen molar-refractivity contribution in [2.75, 3.05) is 32.7 Å². The summed E-state index contributed by atoms with van der Waals surface area (Å²) in [5.74, 6) is -1.09. The highest BCUT2D eigenvalue weighted by molar-refractivity contribution is 5.98. The monoisotopic (exact) mass is 508 g/mol. The molecule has 3 aromatic rings. The minimum absolute atomic E-state index is 0.0519. The first kappa shape index (κ1) is 26.7. The zero-order valence-corrected chi connectivity index (χ0v) is 20.1. The van der Waals surface area contributed by atoms with Gasteiger partial charge in [0.1, 0.15) is 11.6 Å². The van der Waals surface area contributed by atoms with Crippen molar-refractivity contribution < 1.29 is 33.0 Å². The van der Waals surface area contributed by atoms with Crippen LogP contribution in [0.4, 0.5) is 10.1 Å². The number of hydrazone groups is 1. The number of hydrogen-bond acceptors (Lipinski definition) is 7. The van der Waals surface area contributed by atoms with E-state index in [0.29, 0.717) is 22.6 Å². The highest BCUT2D eigenvalue weighted by Gasteiger charge is 2.13. The molecule has 0 aromatic heterocycles. The third kappa shape index (κ3) is 7.79. The third-order valence-electron chi connectivity index (χ3n) is 4.86. The lowest BCUT2D eigenvalue weighted by molar-refractivity contribution is -0.120. The molecule has 192 valence electrons. The number of nitrogens with one attached hydrogen (secondary N) is 3. The molecule has 0 fully saturated rings. The van der Waals surface area contributed by atoms with E-state index in [1.165, 1.54) is 38.6 Å². The summed E-state index contributed by atoms with van der Waals surface area (Å²) in [7, 11) is 2.88. The van der Waals surface area contributed by atoms with E-state index in [0.717, 1.165) is 0 Å². The first-order chi connectivity index (χ1) is 17.9. The summed E-state index contributed by atoms with van der Waals surface area (Å²) in [6.07, 6.45) is 1.37. The van der Waals surface area contributed by atoms with Crippen molar-refractivity contribution in [3.05, 3.63) is 83.7 Å². The second-order valence-corrected chi connectivity index (χ2v) is 7.40. The molecular weight excluding hydrogens is 483 g/mol. The van der Waals surface area contributed by atoms with Crippen LogP contribution in [0.25, 0.3) is 0 Å². The molecule has 3 amide bonds. The van der Waals surface area contributed by atoms with Crippen molar-refractivity contribution >= 4 is 29.6 Å². The van der Waals surface area contributed by atoms with Gasteiger partial charge in [-0.2, -0.15) is 5.10 Å². The summed E-state index contributed by atoms with van der Waals surface area (Å²) in [5.41, 5.74) is 3.24. The largest absolute Gasteiger partial charge is 0.496 e. The zero-order valence-electron chi connectivity index (χ0n) is 20.1. The Morgan fingerprint density at radius 2 is 1.62 bits per heavy atom. The van der Waals surface area contributed by atoms with Crippen LogP contribution in [0.1, 0.15) is 15.9 Å². The molecule has 0 spiro atoms. The average molecular weight is 509 g/mol. The molecule has 0 radical (unpaired) electrons. The van der Waals surface area contributed by atoms with Crippen molar-refractivity contribution in [1.82, 2.24) is 10.7 Å². The Morgan fingerprint density at radius 1 is 0.892 bits per heavy atom. The van der Waals surface area contributed by atoms with Gasteiger partial charge in [-0.05, 0) is 48.0 Å². The zero-order chi connectivity index (χ0) is 26.6. The molecule has 0 heterocycles. The van der Waals surface area contributed by atoms with Crippen molar-refractivity contribution in [2.24, 2.45) is 5.10 Å². The Morgan fingerprint density at radius 3 is 2.38 bits per heavy atom. The number of hydrogen-bond donors (Lipinski definition) is 3. The molecule has 37 heavy (non-hydrogen) atoms. The van der Waals surface area contributed by atoms with E-state index in [2.05, 4.69) is 21.2 Å². The fourth-order valence-electron chi connectivity index (χ4n) is 3.08. The SMILES string of the molecule is COc1cc(C=NNC(=O)CNC(=O)c2ccccc2OC)ccc1OCC(=O)Nc1ccccc1F. The first-order valence-electron chi connectivity index (χ1n) is 11.0. The standard InChI is InChI=1S/C26H25FN4O6/c1-35-21-10-6-3-7-18(21)26(34)28-15-24(32)31-29-14-17-11-12-22(23(13-17)36-2)37-16-25(33)30-20-9-5-4-8-19(20)27/h3-14H,15-16H2,1-2H3,(H,28,34)(H,30,33)(H,31,32). The summed E-state index contributed by atoms with van der Waals surface area (Å²) >= 11 is 0. The highest BCUT2D eigenvalue weighted by atomic mass is 19.1. The number of nitrogens with zero attached hydrogens (tertiary/aromatic N) is 1. The summed E-state index contributed by atoms with van der Waals surface area (Å²) in [6, 6.07) is 17.2. The van der Waals surface area contributed by atoms with E-state index < -0.39 is 23.5 Å². The topological polar surface area (TPSA) is 127 Å². The second kappa shape index (κ2) is 13.2. The van der Waals surface area contributed by atoms with Crippen molar-refractivity contribution in [3.8, 4) is 17.2 Å². The van der Waals surface area contributed by atoms with Gasteiger partial charge in [-0.3, -0.25) is 14.4 Å². The molecule has 0 aliphatic carbocycles. The van der Waals surface area contributed by atoms with Gasteiger partial charge in [-0.25, -0.2) is 9.82 Å². The number of rotatable bonds is 11. The molecule has 0 aliphatic heterocycles. The molecule has 0 bridgehead atoms. The van der Waals surface area contributed by atoms with Crippen LogP contribution in [-0.2, 0) is 9.59 Å². The minimum atomic E-state index is -0.553. The predicted molar refractivity (Wildman–Crippen MR) is 135 cm³/mol. The third-order valence-corrected chi connectivity index (χ3v) is 4.86. The van der Waals surface area contributed by atoms with Gasteiger partial charge in [-0.15, -0.1) is 0 Å². The number of carbonyl (C=O) groups is 3. The van der Waals surface area contributed by atoms with Crippen molar-refractivity contribution in [3.63, 3.8) is 0 Å². The number of methoxy groups -OCH3 is 2. The molecular formula is C26H25FN4O6. The van der Waals surface area contributed by atoms with Gasteiger partial charge >= 0.3 is 0 Å². The fourth-order valence-corrected chi connectivity index (χ4v) is 3.08. The van der Waals surface area contributed by atoms with E-state index in [4.69, 9.17) is 14.2 Å². The number of anilines is 1. The molecule has 0 atom stereocenters. The molecule has 3 aromatic carbocycles. The van der Waals surface area contributed by atoms with Crippen LogP contribution in [0.15, 0.2) is 71.8 Å². The number of para-hydroxylation sites is 2. The first-order valence-corrected chi connectivity index (χ1v) is 11.0. The van der Waals surface area contributed by atoms with Gasteiger partial charge in [0.05, 0.1) is 38.2 Å². The smallest absolute Gasteiger partial charge is 0.262 e. The van der Waals surface area contributed by atoms with Gasteiger partial charge in [0, 0.05) is 0 Å². The predicted octanol–water partition coefficient (Wildman–Crippen LogP) is 2.74. The maximum absolute atomic E-state index is 13.7. The summed E-state index contributed by atoms with van der Waals surface area (Å²) in [5, 5.41) is 8.78. The quantitative estimate of drug-likeness (QED) is 0.270. The van der Waals surface area contributed by atoms with E-state index in [1.807, 2.05) is 0 Å². The molecule has 0 aliphatic rings.